The molecule has 0 aliphatic rings. The van der Waals surface area contributed by atoms with Crippen LogP contribution in [0.25, 0.3) is 0 Å². The highest BCUT2D eigenvalue weighted by Gasteiger charge is 2.30. The van der Waals surface area contributed by atoms with Gasteiger partial charge in [0.1, 0.15) is 11.6 Å². The second-order valence-electron chi connectivity index (χ2n) is 9.51. The molecule has 3 rings (SSSR count). The van der Waals surface area contributed by atoms with Gasteiger partial charge in [0.25, 0.3) is 0 Å². The third-order valence-electron chi connectivity index (χ3n) is 6.28. The second-order valence-corrected chi connectivity index (χ2v) is 11.5. The number of rotatable bonds is 12. The summed E-state index contributed by atoms with van der Waals surface area (Å²) in [6.07, 6.45) is -3.00. The van der Waals surface area contributed by atoms with Crippen molar-refractivity contribution < 1.29 is 40.2 Å². The zero-order valence-corrected chi connectivity index (χ0v) is 23.2. The first-order valence-electron chi connectivity index (χ1n) is 12.5. The number of esters is 1. The summed E-state index contributed by atoms with van der Waals surface area (Å²) >= 11 is 0. The molecule has 0 aliphatic heterocycles. The molecular formula is C29H31F4NO5S. The van der Waals surface area contributed by atoms with Crippen LogP contribution in [0.5, 0.6) is 5.75 Å². The largest absolute Gasteiger partial charge is 0.494 e. The van der Waals surface area contributed by atoms with Crippen LogP contribution in [-0.2, 0) is 27.3 Å². The second kappa shape index (κ2) is 13.3. The van der Waals surface area contributed by atoms with Crippen LogP contribution in [-0.4, -0.2) is 52.3 Å². The Hall–Kier alpha value is -3.44. The van der Waals surface area contributed by atoms with Crippen LogP contribution in [0, 0.1) is 5.82 Å². The molecule has 0 saturated carbocycles. The lowest BCUT2D eigenvalue weighted by Crippen LogP contribution is -2.29. The molecule has 216 valence electrons. The number of hydrogen-bond acceptors (Lipinski definition) is 6. The minimum Gasteiger partial charge on any atom is -0.494 e. The van der Waals surface area contributed by atoms with Gasteiger partial charge in [-0.15, -0.1) is 0 Å². The van der Waals surface area contributed by atoms with Crippen LogP contribution in [0.3, 0.4) is 0 Å². The van der Waals surface area contributed by atoms with Crippen molar-refractivity contribution in [3.63, 3.8) is 0 Å². The summed E-state index contributed by atoms with van der Waals surface area (Å²) in [7, 11) is -2.59. The minimum atomic E-state index is -4.45. The maximum absolute atomic E-state index is 13.4. The van der Waals surface area contributed by atoms with E-state index in [0.29, 0.717) is 25.1 Å². The summed E-state index contributed by atoms with van der Waals surface area (Å²) in [4.78, 5) is 13.7. The van der Waals surface area contributed by atoms with Gasteiger partial charge >= 0.3 is 12.1 Å². The standard InChI is InChI=1S/C29H31F4NO5S/c1-20(22-8-10-24(30)11-9-22)18-34(19-21-6-4-7-23(16-21)29(31,32)33)14-5-15-39-25-12-13-26(28(35)38-2)27(17-25)40(3,36)37/h4,6-13,16-17,20H,5,14-15,18-19H2,1-3H3. The molecule has 0 heterocycles. The van der Waals surface area contributed by atoms with Gasteiger partial charge in [0.05, 0.1) is 29.7 Å². The summed E-state index contributed by atoms with van der Waals surface area (Å²) in [5.41, 5.74) is 0.570. The van der Waals surface area contributed by atoms with E-state index in [4.69, 9.17) is 4.74 Å². The van der Waals surface area contributed by atoms with E-state index in [1.807, 2.05) is 11.8 Å². The minimum absolute atomic E-state index is 0.0319. The number of halogens is 4. The van der Waals surface area contributed by atoms with Gasteiger partial charge in [0.2, 0.25) is 0 Å². The Morgan fingerprint density at radius 3 is 2.35 bits per heavy atom. The smallest absolute Gasteiger partial charge is 0.416 e. The number of carbonyl (C=O) groups is 1. The highest BCUT2D eigenvalue weighted by molar-refractivity contribution is 7.90. The van der Waals surface area contributed by atoms with E-state index >= 15 is 0 Å². The first kappa shape index (κ1) is 31.1. The molecule has 1 atom stereocenters. The van der Waals surface area contributed by atoms with Gasteiger partial charge in [-0.3, -0.25) is 4.90 Å². The first-order chi connectivity index (χ1) is 18.8. The van der Waals surface area contributed by atoms with E-state index in [2.05, 4.69) is 4.74 Å². The predicted molar refractivity (Wildman–Crippen MR) is 143 cm³/mol. The van der Waals surface area contributed by atoms with Gasteiger partial charge in [-0.05, 0) is 59.9 Å². The van der Waals surface area contributed by atoms with E-state index in [1.165, 1.54) is 36.4 Å². The van der Waals surface area contributed by atoms with E-state index in [1.54, 1.807) is 18.2 Å². The molecule has 0 saturated heterocycles. The normalized spacial score (nSPS) is 12.8. The summed E-state index contributed by atoms with van der Waals surface area (Å²) in [6.45, 7) is 3.35. The molecule has 11 heteroatoms. The molecule has 0 bridgehead atoms. The van der Waals surface area contributed by atoms with Crippen molar-refractivity contribution >= 4 is 15.8 Å². The van der Waals surface area contributed by atoms with Gasteiger partial charge in [-0.1, -0.05) is 37.3 Å². The predicted octanol–water partition coefficient (Wildman–Crippen LogP) is 6.11. The molecule has 0 aromatic heterocycles. The number of carbonyl (C=O) groups excluding carboxylic acids is 1. The molecule has 40 heavy (non-hydrogen) atoms. The van der Waals surface area contributed by atoms with Crippen molar-refractivity contribution in [2.75, 3.05) is 33.1 Å². The molecule has 0 N–H and O–H groups in total. The number of alkyl halides is 3. The summed E-state index contributed by atoms with van der Waals surface area (Å²) < 4.78 is 87.9. The van der Waals surface area contributed by atoms with Crippen molar-refractivity contribution in [3.05, 3.63) is 94.8 Å². The third-order valence-corrected chi connectivity index (χ3v) is 7.41. The zero-order chi connectivity index (χ0) is 29.5. The number of hydrogen-bond donors (Lipinski definition) is 0. The van der Waals surface area contributed by atoms with Gasteiger partial charge in [-0.2, -0.15) is 13.2 Å². The Balaban J connectivity index is 1.72. The maximum atomic E-state index is 13.4. The topological polar surface area (TPSA) is 72.9 Å². The number of methoxy groups -OCH3 is 1. The Morgan fingerprint density at radius 1 is 1.02 bits per heavy atom. The molecule has 6 nitrogen and oxygen atoms in total. The average Bonchev–Trinajstić information content (AvgIpc) is 2.90. The highest BCUT2D eigenvalue weighted by Crippen LogP contribution is 2.30. The SMILES string of the molecule is COC(=O)c1ccc(OCCCN(Cc2cccc(C(F)(F)F)c2)CC(C)c2ccc(F)cc2)cc1S(C)(=O)=O. The average molecular weight is 582 g/mol. The van der Waals surface area contributed by atoms with E-state index in [9.17, 15) is 30.8 Å². The molecule has 0 fully saturated rings. The van der Waals surface area contributed by atoms with E-state index in [-0.39, 0.29) is 41.1 Å². The fourth-order valence-electron chi connectivity index (χ4n) is 4.28. The Bertz CT molecular complexity index is 1410. The maximum Gasteiger partial charge on any atom is 0.416 e. The Labute approximate surface area is 231 Å². The highest BCUT2D eigenvalue weighted by atomic mass is 32.2. The number of sulfone groups is 1. The van der Waals surface area contributed by atoms with Gasteiger partial charge < -0.3 is 9.47 Å². The van der Waals surface area contributed by atoms with Crippen molar-refractivity contribution in [2.45, 2.75) is 36.9 Å². The molecule has 3 aromatic rings. The number of benzene rings is 3. The monoisotopic (exact) mass is 581 g/mol. The fraction of sp³-hybridized carbons (Fsp3) is 0.345. The Morgan fingerprint density at radius 2 is 1.73 bits per heavy atom. The third kappa shape index (κ3) is 8.79. The van der Waals surface area contributed by atoms with Gasteiger partial charge in [-0.25, -0.2) is 17.6 Å². The van der Waals surface area contributed by atoms with Gasteiger partial charge in [0.15, 0.2) is 9.84 Å². The lowest BCUT2D eigenvalue weighted by Gasteiger charge is -2.26. The Kier molecular flexibility index (Phi) is 10.3. The fourth-order valence-corrected chi connectivity index (χ4v) is 5.16. The summed E-state index contributed by atoms with van der Waals surface area (Å²) in [5, 5.41) is 0. The molecule has 3 aromatic carbocycles. The van der Waals surface area contributed by atoms with Crippen molar-refractivity contribution in [1.29, 1.82) is 0 Å². The first-order valence-corrected chi connectivity index (χ1v) is 14.4. The quantitative estimate of drug-likeness (QED) is 0.146. The van der Waals surface area contributed by atoms with Crippen LogP contribution in [0.1, 0.15) is 46.3 Å². The van der Waals surface area contributed by atoms with Crippen LogP contribution in [0.2, 0.25) is 0 Å². The molecule has 0 aliphatic carbocycles. The lowest BCUT2D eigenvalue weighted by atomic mass is 10.00. The molecular weight excluding hydrogens is 550 g/mol. The number of ether oxygens (including phenoxy) is 2. The molecule has 1 unspecified atom stereocenters. The number of nitrogens with zero attached hydrogens (tertiary/aromatic N) is 1. The summed E-state index contributed by atoms with van der Waals surface area (Å²) in [6, 6.07) is 15.3. The van der Waals surface area contributed by atoms with Crippen molar-refractivity contribution in [2.24, 2.45) is 0 Å². The van der Waals surface area contributed by atoms with Crippen LogP contribution >= 0.6 is 0 Å². The lowest BCUT2D eigenvalue weighted by molar-refractivity contribution is -0.137. The molecule has 0 spiro atoms. The van der Waals surface area contributed by atoms with E-state index in [0.717, 1.165) is 31.1 Å². The van der Waals surface area contributed by atoms with Crippen LogP contribution in [0.4, 0.5) is 17.6 Å². The molecule has 0 radical (unpaired) electrons. The van der Waals surface area contributed by atoms with Gasteiger partial charge in [0, 0.05) is 25.9 Å². The van der Waals surface area contributed by atoms with Crippen LogP contribution < -0.4 is 4.74 Å². The molecule has 0 amide bonds. The van der Waals surface area contributed by atoms with Crippen molar-refractivity contribution in [1.82, 2.24) is 4.90 Å². The summed E-state index contributed by atoms with van der Waals surface area (Å²) in [5.74, 6) is -0.923. The zero-order valence-electron chi connectivity index (χ0n) is 22.4. The van der Waals surface area contributed by atoms with Crippen LogP contribution in [0.15, 0.2) is 71.6 Å². The van der Waals surface area contributed by atoms with Crippen molar-refractivity contribution in [3.8, 4) is 5.75 Å². The van der Waals surface area contributed by atoms with E-state index < -0.39 is 27.5 Å².